The fourth-order valence-electron chi connectivity index (χ4n) is 3.42. The predicted octanol–water partition coefficient (Wildman–Crippen LogP) is 4.58. The molecule has 0 radical (unpaired) electrons. The van der Waals surface area contributed by atoms with Gasteiger partial charge in [0, 0.05) is 16.3 Å². The topological polar surface area (TPSA) is 80.9 Å². The molecule has 0 saturated carbocycles. The highest BCUT2D eigenvalue weighted by molar-refractivity contribution is 6.30. The van der Waals surface area contributed by atoms with E-state index in [0.29, 0.717) is 22.1 Å². The molecule has 0 unspecified atom stereocenters. The van der Waals surface area contributed by atoms with Crippen molar-refractivity contribution in [2.24, 2.45) is 5.73 Å². The number of aryl methyl sites for hydroxylation is 2. The number of carbonyl (C=O) groups is 1. The molecule has 2 aromatic carbocycles. The molecule has 5 nitrogen and oxygen atoms in total. The number of amides is 1. The minimum absolute atomic E-state index is 0.240. The molecular weight excluding hydrogens is 379 g/mol. The number of halogens is 2. The summed E-state index contributed by atoms with van der Waals surface area (Å²) in [6.07, 6.45) is 2.54. The largest absolute Gasteiger partial charge is 0.366 e. The number of rotatable bonds is 4. The van der Waals surface area contributed by atoms with Gasteiger partial charge < -0.3 is 11.1 Å². The lowest BCUT2D eigenvalue weighted by molar-refractivity contribution is 0.100. The van der Waals surface area contributed by atoms with Gasteiger partial charge >= 0.3 is 0 Å². The zero-order valence-electron chi connectivity index (χ0n) is 15.2. The van der Waals surface area contributed by atoms with E-state index in [1.807, 2.05) is 13.0 Å². The average molecular weight is 397 g/mol. The van der Waals surface area contributed by atoms with Gasteiger partial charge in [0.1, 0.15) is 11.6 Å². The predicted molar refractivity (Wildman–Crippen MR) is 107 cm³/mol. The van der Waals surface area contributed by atoms with E-state index in [9.17, 15) is 9.18 Å². The van der Waals surface area contributed by atoms with Gasteiger partial charge in [0.05, 0.1) is 16.8 Å². The van der Waals surface area contributed by atoms with Crippen molar-refractivity contribution in [2.45, 2.75) is 26.2 Å². The first-order chi connectivity index (χ1) is 13.4. The Kier molecular flexibility index (Phi) is 4.73. The summed E-state index contributed by atoms with van der Waals surface area (Å²) in [5.41, 5.74) is 9.48. The molecule has 0 fully saturated rings. The number of aromatic nitrogens is 2. The van der Waals surface area contributed by atoms with Crippen LogP contribution in [0.2, 0.25) is 5.02 Å². The number of fused-ring (bicyclic) bond motifs is 1. The minimum atomic E-state index is -0.530. The van der Waals surface area contributed by atoms with Crippen molar-refractivity contribution in [3.63, 3.8) is 0 Å². The van der Waals surface area contributed by atoms with Crippen molar-refractivity contribution in [3.8, 4) is 11.4 Å². The van der Waals surface area contributed by atoms with E-state index in [4.69, 9.17) is 17.3 Å². The molecule has 1 aromatic heterocycles. The number of nitrogens with two attached hydrogens (primary N) is 1. The number of hydrogen-bond acceptors (Lipinski definition) is 4. The summed E-state index contributed by atoms with van der Waals surface area (Å²) in [7, 11) is 0. The Labute approximate surface area is 166 Å². The molecule has 1 aliphatic carbocycles. The Morgan fingerprint density at radius 2 is 2.00 bits per heavy atom. The number of carbonyl (C=O) groups excluding carboxylic acids is 1. The van der Waals surface area contributed by atoms with Crippen LogP contribution < -0.4 is 11.1 Å². The van der Waals surface area contributed by atoms with Crippen molar-refractivity contribution >= 4 is 29.0 Å². The highest BCUT2D eigenvalue weighted by atomic mass is 35.5. The molecule has 0 spiro atoms. The van der Waals surface area contributed by atoms with Gasteiger partial charge in [-0.15, -0.1) is 0 Å². The molecule has 4 rings (SSSR count). The lowest BCUT2D eigenvalue weighted by atomic mass is 10.1. The van der Waals surface area contributed by atoms with Gasteiger partial charge in [-0.2, -0.15) is 0 Å². The number of nitrogens with one attached hydrogen (secondary N) is 1. The Morgan fingerprint density at radius 3 is 2.79 bits per heavy atom. The zero-order chi connectivity index (χ0) is 19.8. The van der Waals surface area contributed by atoms with Gasteiger partial charge in [-0.25, -0.2) is 14.4 Å². The number of benzene rings is 2. The van der Waals surface area contributed by atoms with Gasteiger partial charge in [-0.3, -0.25) is 4.79 Å². The molecule has 0 saturated heterocycles. The first-order valence-electron chi connectivity index (χ1n) is 8.95. The second-order valence-electron chi connectivity index (χ2n) is 6.84. The van der Waals surface area contributed by atoms with Crippen LogP contribution >= 0.6 is 11.6 Å². The molecule has 3 aromatic rings. The van der Waals surface area contributed by atoms with Gasteiger partial charge in [0.2, 0.25) is 0 Å². The van der Waals surface area contributed by atoms with Crippen LogP contribution in [-0.4, -0.2) is 15.9 Å². The summed E-state index contributed by atoms with van der Waals surface area (Å²) < 4.78 is 14.4. The summed E-state index contributed by atoms with van der Waals surface area (Å²) in [5, 5.41) is 3.63. The molecular formula is C21H18ClFN4O. The van der Waals surface area contributed by atoms with E-state index in [0.717, 1.165) is 36.1 Å². The molecule has 0 atom stereocenters. The Bertz CT molecular complexity index is 1100. The van der Waals surface area contributed by atoms with Crippen LogP contribution in [0.25, 0.3) is 11.4 Å². The quantitative estimate of drug-likeness (QED) is 0.676. The minimum Gasteiger partial charge on any atom is -0.366 e. The van der Waals surface area contributed by atoms with Crippen molar-refractivity contribution in [3.05, 3.63) is 69.6 Å². The number of primary amides is 1. The van der Waals surface area contributed by atoms with Crippen LogP contribution in [0.3, 0.4) is 0 Å². The highest BCUT2D eigenvalue weighted by Gasteiger charge is 2.22. The molecule has 142 valence electrons. The van der Waals surface area contributed by atoms with Crippen LogP contribution in [0, 0.1) is 12.7 Å². The van der Waals surface area contributed by atoms with E-state index < -0.39 is 11.7 Å². The lowest BCUT2D eigenvalue weighted by Crippen LogP contribution is -2.14. The third kappa shape index (κ3) is 3.43. The molecule has 7 heteroatoms. The Balaban J connectivity index is 1.83. The summed E-state index contributed by atoms with van der Waals surface area (Å²) in [6, 6.07) is 9.69. The van der Waals surface area contributed by atoms with E-state index in [-0.39, 0.29) is 11.4 Å². The summed E-state index contributed by atoms with van der Waals surface area (Å²) in [5.74, 6) is -0.154. The molecule has 1 amide bonds. The van der Waals surface area contributed by atoms with E-state index in [1.165, 1.54) is 18.2 Å². The van der Waals surface area contributed by atoms with Gasteiger partial charge in [0.15, 0.2) is 5.82 Å². The fraction of sp³-hybridized carbons (Fsp3) is 0.190. The monoisotopic (exact) mass is 396 g/mol. The first kappa shape index (κ1) is 18.4. The van der Waals surface area contributed by atoms with Crippen LogP contribution in [-0.2, 0) is 12.8 Å². The normalized spacial score (nSPS) is 12.7. The van der Waals surface area contributed by atoms with Crippen molar-refractivity contribution in [1.29, 1.82) is 0 Å². The second-order valence-corrected chi connectivity index (χ2v) is 7.27. The highest BCUT2D eigenvalue weighted by Crippen LogP contribution is 2.33. The Hall–Kier alpha value is -2.99. The SMILES string of the molecule is Cc1ccc(Nc2nc(-c3cc(Cl)ccc3F)nc3c2CCC3)c(C(N)=O)c1. The van der Waals surface area contributed by atoms with Gasteiger partial charge in [-0.1, -0.05) is 23.2 Å². The standard InChI is InChI=1S/C21H18ClFN4O/c1-11-5-8-18(15(9-11)19(24)28)26-20-13-3-2-4-17(13)25-21(27-20)14-10-12(22)6-7-16(14)23/h5-10H,2-4H2,1H3,(H2,24,28)(H,25,26,27). The van der Waals surface area contributed by atoms with Crippen molar-refractivity contribution < 1.29 is 9.18 Å². The summed E-state index contributed by atoms with van der Waals surface area (Å²) in [4.78, 5) is 21.0. The van der Waals surface area contributed by atoms with Crippen LogP contribution in [0.1, 0.15) is 33.6 Å². The molecule has 28 heavy (non-hydrogen) atoms. The maximum absolute atomic E-state index is 14.4. The zero-order valence-corrected chi connectivity index (χ0v) is 16.0. The Morgan fingerprint density at radius 1 is 1.18 bits per heavy atom. The second kappa shape index (κ2) is 7.20. The molecule has 1 heterocycles. The fourth-order valence-corrected chi connectivity index (χ4v) is 3.60. The summed E-state index contributed by atoms with van der Waals surface area (Å²) in [6.45, 7) is 1.89. The van der Waals surface area contributed by atoms with Crippen molar-refractivity contribution in [1.82, 2.24) is 9.97 Å². The number of anilines is 2. The van der Waals surface area contributed by atoms with E-state index in [1.54, 1.807) is 12.1 Å². The lowest BCUT2D eigenvalue weighted by Gasteiger charge is -2.15. The smallest absolute Gasteiger partial charge is 0.250 e. The maximum atomic E-state index is 14.4. The molecule has 3 N–H and O–H groups in total. The molecule has 1 aliphatic rings. The van der Waals surface area contributed by atoms with E-state index in [2.05, 4.69) is 15.3 Å². The third-order valence-corrected chi connectivity index (χ3v) is 5.03. The average Bonchev–Trinajstić information content (AvgIpc) is 3.14. The number of nitrogens with zero attached hydrogens (tertiary/aromatic N) is 2. The first-order valence-corrected chi connectivity index (χ1v) is 9.33. The van der Waals surface area contributed by atoms with Gasteiger partial charge in [0.25, 0.3) is 5.91 Å². The van der Waals surface area contributed by atoms with Crippen molar-refractivity contribution in [2.75, 3.05) is 5.32 Å². The van der Waals surface area contributed by atoms with Gasteiger partial charge in [-0.05, 0) is 56.5 Å². The number of hydrogen-bond donors (Lipinski definition) is 2. The molecule has 0 aliphatic heterocycles. The van der Waals surface area contributed by atoms with Crippen LogP contribution in [0.15, 0.2) is 36.4 Å². The van der Waals surface area contributed by atoms with E-state index >= 15 is 0 Å². The molecule has 0 bridgehead atoms. The van der Waals surface area contributed by atoms with Crippen LogP contribution in [0.4, 0.5) is 15.9 Å². The maximum Gasteiger partial charge on any atom is 0.250 e. The van der Waals surface area contributed by atoms with Crippen LogP contribution in [0.5, 0.6) is 0 Å². The summed E-state index contributed by atoms with van der Waals surface area (Å²) >= 11 is 6.03. The third-order valence-electron chi connectivity index (χ3n) is 4.80.